The molecule has 2 aromatic rings. The van der Waals surface area contributed by atoms with Gasteiger partial charge < -0.3 is 0 Å². The van der Waals surface area contributed by atoms with Crippen LogP contribution in [-0.2, 0) is 0 Å². The number of nitrogens with zero attached hydrogens (tertiary/aromatic N) is 1. The summed E-state index contributed by atoms with van der Waals surface area (Å²) in [5.74, 6) is 6.08. The molecule has 18 heavy (non-hydrogen) atoms. The van der Waals surface area contributed by atoms with Gasteiger partial charge in [0.2, 0.25) is 0 Å². The summed E-state index contributed by atoms with van der Waals surface area (Å²) in [6.45, 7) is 0.498. The van der Waals surface area contributed by atoms with Gasteiger partial charge in [0.25, 0.3) is 0 Å². The third kappa shape index (κ3) is 4.30. The van der Waals surface area contributed by atoms with Gasteiger partial charge in [-0.15, -0.1) is 11.3 Å². The fourth-order valence-corrected chi connectivity index (χ4v) is 2.64. The van der Waals surface area contributed by atoms with Crippen LogP contribution >= 0.6 is 38.9 Å². The monoisotopic (exact) mass is 337 g/mol. The Labute approximate surface area is 124 Å². The van der Waals surface area contributed by atoms with E-state index in [0.29, 0.717) is 6.54 Å². The van der Waals surface area contributed by atoms with E-state index in [0.717, 1.165) is 19.2 Å². The summed E-state index contributed by atoms with van der Waals surface area (Å²) in [6, 6.07) is 11.5. The topological polar surface area (TPSA) is 12.4 Å². The number of benzene rings is 1. The quantitative estimate of drug-likeness (QED) is 0.559. The molecule has 1 aromatic heterocycles. The number of hydrogen-bond acceptors (Lipinski definition) is 2. The number of hydrogen-bond donors (Lipinski definition) is 0. The van der Waals surface area contributed by atoms with E-state index in [2.05, 4.69) is 32.8 Å². The lowest BCUT2D eigenvalue weighted by Gasteiger charge is -1.91. The molecule has 4 heteroatoms. The Morgan fingerprint density at radius 2 is 2.00 bits per heavy atom. The maximum absolute atomic E-state index is 5.80. The third-order valence-corrected chi connectivity index (χ3v) is 3.86. The third-order valence-electron chi connectivity index (χ3n) is 2.07. The number of aliphatic imine (C=N–C) groups is 1. The molecule has 0 spiro atoms. The molecule has 1 heterocycles. The molecular weight excluding hydrogens is 330 g/mol. The predicted octanol–water partition coefficient (Wildman–Crippen LogP) is 4.63. The van der Waals surface area contributed by atoms with Crippen molar-refractivity contribution in [2.24, 2.45) is 4.99 Å². The van der Waals surface area contributed by atoms with Crippen LogP contribution in [0.15, 0.2) is 45.2 Å². The standard InChI is InChI=1S/C14H9BrClNS/c15-14-8-7-13(18-14)2-1-9-17-10-11-3-5-12(16)6-4-11/h3-8,10H,9H2. The van der Waals surface area contributed by atoms with E-state index in [-0.39, 0.29) is 0 Å². The van der Waals surface area contributed by atoms with E-state index in [9.17, 15) is 0 Å². The van der Waals surface area contributed by atoms with E-state index in [1.54, 1.807) is 17.6 Å². The highest BCUT2D eigenvalue weighted by Gasteiger charge is 1.91. The molecule has 0 amide bonds. The SMILES string of the molecule is Clc1ccc(C=NCC#Cc2ccc(Br)s2)cc1. The molecule has 0 bridgehead atoms. The first-order valence-corrected chi connectivity index (χ1v) is 7.22. The molecule has 0 radical (unpaired) electrons. The zero-order valence-corrected chi connectivity index (χ0v) is 12.5. The first-order chi connectivity index (χ1) is 8.74. The predicted molar refractivity (Wildman–Crippen MR) is 82.8 cm³/mol. The van der Waals surface area contributed by atoms with E-state index >= 15 is 0 Å². The molecular formula is C14H9BrClNS. The van der Waals surface area contributed by atoms with Crippen LogP contribution in [0.5, 0.6) is 0 Å². The van der Waals surface area contributed by atoms with Crippen LogP contribution in [0.25, 0.3) is 0 Å². The Morgan fingerprint density at radius 1 is 1.22 bits per heavy atom. The molecule has 1 aromatic carbocycles. The Kier molecular flexibility index (Phi) is 5.00. The fourth-order valence-electron chi connectivity index (χ4n) is 1.25. The van der Waals surface area contributed by atoms with Crippen molar-refractivity contribution in [1.29, 1.82) is 0 Å². The van der Waals surface area contributed by atoms with Crippen LogP contribution in [-0.4, -0.2) is 12.8 Å². The Balaban J connectivity index is 1.89. The van der Waals surface area contributed by atoms with Gasteiger partial charge in [0.15, 0.2) is 0 Å². The highest BCUT2D eigenvalue weighted by molar-refractivity contribution is 9.11. The molecule has 0 fully saturated rings. The summed E-state index contributed by atoms with van der Waals surface area (Å²) in [4.78, 5) is 5.29. The van der Waals surface area contributed by atoms with Gasteiger partial charge in [-0.1, -0.05) is 35.6 Å². The van der Waals surface area contributed by atoms with Gasteiger partial charge in [0.1, 0.15) is 6.54 Å². The van der Waals surface area contributed by atoms with Gasteiger partial charge >= 0.3 is 0 Å². The van der Waals surface area contributed by atoms with Crippen LogP contribution in [0.4, 0.5) is 0 Å². The van der Waals surface area contributed by atoms with E-state index in [1.807, 2.05) is 36.4 Å². The van der Waals surface area contributed by atoms with Gasteiger partial charge in [-0.25, -0.2) is 0 Å². The van der Waals surface area contributed by atoms with Crippen LogP contribution in [0, 0.1) is 11.8 Å². The van der Waals surface area contributed by atoms with Crippen LogP contribution in [0.3, 0.4) is 0 Å². The van der Waals surface area contributed by atoms with Gasteiger partial charge in [-0.05, 0) is 45.8 Å². The maximum Gasteiger partial charge on any atom is 0.100 e. The van der Waals surface area contributed by atoms with E-state index in [4.69, 9.17) is 11.6 Å². The molecule has 0 N–H and O–H groups in total. The molecule has 0 aliphatic carbocycles. The van der Waals surface area contributed by atoms with Crippen molar-refractivity contribution in [1.82, 2.24) is 0 Å². The van der Waals surface area contributed by atoms with E-state index in [1.165, 1.54) is 0 Å². The molecule has 0 aliphatic heterocycles. The first kappa shape index (κ1) is 13.4. The fraction of sp³-hybridized carbons (Fsp3) is 0.0714. The Hall–Kier alpha value is -1.08. The first-order valence-electron chi connectivity index (χ1n) is 5.23. The lowest BCUT2D eigenvalue weighted by atomic mass is 10.2. The number of rotatable bonds is 2. The molecule has 2 rings (SSSR count). The molecule has 1 nitrogen and oxygen atoms in total. The highest BCUT2D eigenvalue weighted by Crippen LogP contribution is 2.20. The highest BCUT2D eigenvalue weighted by atomic mass is 79.9. The second kappa shape index (κ2) is 6.75. The van der Waals surface area contributed by atoms with Gasteiger partial charge in [-0.3, -0.25) is 4.99 Å². The summed E-state index contributed by atoms with van der Waals surface area (Å²) >= 11 is 10.8. The summed E-state index contributed by atoms with van der Waals surface area (Å²) < 4.78 is 1.09. The van der Waals surface area contributed by atoms with Crippen LogP contribution in [0.2, 0.25) is 5.02 Å². The van der Waals surface area contributed by atoms with E-state index < -0.39 is 0 Å². The van der Waals surface area contributed by atoms with Crippen molar-refractivity contribution >= 4 is 45.1 Å². The normalized spacial score (nSPS) is 10.3. The molecule has 0 unspecified atom stereocenters. The van der Waals surface area contributed by atoms with Crippen molar-refractivity contribution in [3.8, 4) is 11.8 Å². The second-order valence-electron chi connectivity index (χ2n) is 3.43. The average molecular weight is 339 g/mol. The molecule has 0 atom stereocenters. The summed E-state index contributed by atoms with van der Waals surface area (Å²) in [5.41, 5.74) is 1.03. The summed E-state index contributed by atoms with van der Waals surface area (Å²) in [7, 11) is 0. The van der Waals surface area contributed by atoms with Crippen molar-refractivity contribution < 1.29 is 0 Å². The molecule has 90 valence electrons. The zero-order valence-electron chi connectivity index (χ0n) is 9.36. The largest absolute Gasteiger partial charge is 0.280 e. The number of halogens is 2. The van der Waals surface area contributed by atoms with Crippen molar-refractivity contribution in [3.05, 3.63) is 55.6 Å². The van der Waals surface area contributed by atoms with Gasteiger partial charge in [0, 0.05) is 11.2 Å². The molecule has 0 saturated heterocycles. The smallest absolute Gasteiger partial charge is 0.100 e. The van der Waals surface area contributed by atoms with Gasteiger partial charge in [0.05, 0.1) is 8.66 Å². The average Bonchev–Trinajstić information content (AvgIpc) is 2.77. The zero-order chi connectivity index (χ0) is 12.8. The van der Waals surface area contributed by atoms with Crippen molar-refractivity contribution in [2.45, 2.75) is 0 Å². The minimum Gasteiger partial charge on any atom is -0.280 e. The summed E-state index contributed by atoms with van der Waals surface area (Å²) in [6.07, 6.45) is 1.80. The minimum atomic E-state index is 0.498. The molecule has 0 saturated carbocycles. The number of thiophene rings is 1. The minimum absolute atomic E-state index is 0.498. The maximum atomic E-state index is 5.80. The Morgan fingerprint density at radius 3 is 2.67 bits per heavy atom. The van der Waals surface area contributed by atoms with Crippen LogP contribution < -0.4 is 0 Å². The van der Waals surface area contributed by atoms with Crippen LogP contribution in [0.1, 0.15) is 10.4 Å². The van der Waals surface area contributed by atoms with Crippen molar-refractivity contribution in [2.75, 3.05) is 6.54 Å². The molecule has 0 aliphatic rings. The Bertz CT molecular complexity index is 605. The van der Waals surface area contributed by atoms with Gasteiger partial charge in [-0.2, -0.15) is 0 Å². The summed E-state index contributed by atoms with van der Waals surface area (Å²) in [5, 5.41) is 0.732. The van der Waals surface area contributed by atoms with Crippen molar-refractivity contribution in [3.63, 3.8) is 0 Å². The lowest BCUT2D eigenvalue weighted by Crippen LogP contribution is -1.81. The second-order valence-corrected chi connectivity index (χ2v) is 6.33. The lowest BCUT2D eigenvalue weighted by molar-refractivity contribution is 1.30.